The average molecular weight is 445 g/mol. The van der Waals surface area contributed by atoms with Crippen molar-refractivity contribution < 1.29 is 4.79 Å². The van der Waals surface area contributed by atoms with E-state index in [2.05, 4.69) is 45.2 Å². The van der Waals surface area contributed by atoms with E-state index in [9.17, 15) is 4.79 Å². The molecule has 0 unspecified atom stereocenters. The molecule has 3 rings (SSSR count). The maximum Gasteiger partial charge on any atom is 0.233 e. The molecule has 27 heavy (non-hydrogen) atoms. The second kappa shape index (κ2) is 8.71. The lowest BCUT2D eigenvalue weighted by Crippen LogP contribution is -2.28. The van der Waals surface area contributed by atoms with Crippen LogP contribution in [0.25, 0.3) is 5.69 Å². The predicted octanol–water partition coefficient (Wildman–Crippen LogP) is 4.40. The largest absolute Gasteiger partial charge is 0.341 e. The third-order valence-electron chi connectivity index (χ3n) is 4.20. The van der Waals surface area contributed by atoms with Crippen LogP contribution in [-0.2, 0) is 11.3 Å². The SMILES string of the molecule is Cc1ccc(-n2c(C)nnc2SCC(=O)N(C)Cc2ccccc2Br)cc1. The number of halogens is 1. The molecule has 0 aliphatic carbocycles. The average Bonchev–Trinajstić information content (AvgIpc) is 3.03. The van der Waals surface area contributed by atoms with Gasteiger partial charge in [0.15, 0.2) is 5.16 Å². The molecule has 1 heterocycles. The Bertz CT molecular complexity index is 939. The zero-order valence-corrected chi connectivity index (χ0v) is 17.9. The van der Waals surface area contributed by atoms with Crippen molar-refractivity contribution >= 4 is 33.6 Å². The molecule has 0 fully saturated rings. The summed E-state index contributed by atoms with van der Waals surface area (Å²) < 4.78 is 2.98. The Morgan fingerprint density at radius 1 is 1.11 bits per heavy atom. The number of aryl methyl sites for hydroxylation is 2. The van der Waals surface area contributed by atoms with E-state index in [0.29, 0.717) is 12.3 Å². The first kappa shape index (κ1) is 19.6. The monoisotopic (exact) mass is 444 g/mol. The number of aromatic nitrogens is 3. The normalized spacial score (nSPS) is 10.8. The number of rotatable bonds is 6. The highest BCUT2D eigenvalue weighted by atomic mass is 79.9. The molecule has 0 atom stereocenters. The van der Waals surface area contributed by atoms with Crippen molar-refractivity contribution in [3.63, 3.8) is 0 Å². The summed E-state index contributed by atoms with van der Waals surface area (Å²) in [4.78, 5) is 14.3. The first-order valence-corrected chi connectivity index (χ1v) is 10.3. The fourth-order valence-corrected chi connectivity index (χ4v) is 3.98. The van der Waals surface area contributed by atoms with Crippen molar-refractivity contribution in [3.05, 3.63) is 70.0 Å². The van der Waals surface area contributed by atoms with Gasteiger partial charge in [0.2, 0.25) is 5.91 Å². The van der Waals surface area contributed by atoms with Gasteiger partial charge in [-0.2, -0.15) is 0 Å². The van der Waals surface area contributed by atoms with E-state index in [1.165, 1.54) is 17.3 Å². The van der Waals surface area contributed by atoms with E-state index < -0.39 is 0 Å². The summed E-state index contributed by atoms with van der Waals surface area (Å²) in [7, 11) is 1.82. The fraction of sp³-hybridized carbons (Fsp3) is 0.250. The van der Waals surface area contributed by atoms with E-state index in [-0.39, 0.29) is 5.91 Å². The van der Waals surface area contributed by atoms with Crippen LogP contribution in [0.1, 0.15) is 17.0 Å². The Balaban J connectivity index is 1.67. The van der Waals surface area contributed by atoms with Gasteiger partial charge < -0.3 is 4.90 Å². The third kappa shape index (κ3) is 4.78. The van der Waals surface area contributed by atoms with E-state index in [0.717, 1.165) is 26.7 Å². The topological polar surface area (TPSA) is 51.0 Å². The van der Waals surface area contributed by atoms with Crippen molar-refractivity contribution in [3.8, 4) is 5.69 Å². The Morgan fingerprint density at radius 2 is 1.81 bits per heavy atom. The minimum absolute atomic E-state index is 0.0480. The summed E-state index contributed by atoms with van der Waals surface area (Å²) in [6.07, 6.45) is 0. The molecule has 3 aromatic rings. The van der Waals surface area contributed by atoms with E-state index >= 15 is 0 Å². The molecule has 1 amide bonds. The molecule has 0 bridgehead atoms. The zero-order valence-electron chi connectivity index (χ0n) is 15.5. The van der Waals surface area contributed by atoms with Crippen LogP contribution in [0, 0.1) is 13.8 Å². The summed E-state index contributed by atoms with van der Waals surface area (Å²) in [6, 6.07) is 16.1. The zero-order chi connectivity index (χ0) is 19.4. The molecule has 1 aromatic heterocycles. The van der Waals surface area contributed by atoms with Crippen LogP contribution in [0.2, 0.25) is 0 Å². The van der Waals surface area contributed by atoms with Gasteiger partial charge in [0.25, 0.3) is 0 Å². The van der Waals surface area contributed by atoms with Gasteiger partial charge >= 0.3 is 0 Å². The maximum absolute atomic E-state index is 12.6. The van der Waals surface area contributed by atoms with Crippen LogP contribution in [0.3, 0.4) is 0 Å². The van der Waals surface area contributed by atoms with Crippen molar-refractivity contribution in [1.82, 2.24) is 19.7 Å². The lowest BCUT2D eigenvalue weighted by Gasteiger charge is -2.18. The van der Waals surface area contributed by atoms with Crippen molar-refractivity contribution in [2.45, 2.75) is 25.5 Å². The maximum atomic E-state index is 12.6. The van der Waals surface area contributed by atoms with Crippen LogP contribution < -0.4 is 0 Å². The molecule has 0 saturated heterocycles. The highest BCUT2D eigenvalue weighted by molar-refractivity contribution is 9.10. The molecule has 140 valence electrons. The van der Waals surface area contributed by atoms with Crippen molar-refractivity contribution in [1.29, 1.82) is 0 Å². The smallest absolute Gasteiger partial charge is 0.233 e. The second-order valence-electron chi connectivity index (χ2n) is 6.33. The van der Waals surface area contributed by atoms with Crippen molar-refractivity contribution in [2.75, 3.05) is 12.8 Å². The standard InChI is InChI=1S/C20H21BrN4OS/c1-14-8-10-17(11-9-14)25-15(2)22-23-20(25)27-13-19(26)24(3)12-16-6-4-5-7-18(16)21/h4-11H,12-13H2,1-3H3. The summed E-state index contributed by atoms with van der Waals surface area (Å²) in [5, 5.41) is 9.14. The Labute approximate surface area is 171 Å². The molecular weight excluding hydrogens is 424 g/mol. The number of hydrogen-bond donors (Lipinski definition) is 0. The highest BCUT2D eigenvalue weighted by Gasteiger charge is 2.16. The highest BCUT2D eigenvalue weighted by Crippen LogP contribution is 2.23. The predicted molar refractivity (Wildman–Crippen MR) is 112 cm³/mol. The number of amides is 1. The lowest BCUT2D eigenvalue weighted by molar-refractivity contribution is -0.127. The van der Waals surface area contributed by atoms with E-state index in [1.54, 1.807) is 4.90 Å². The number of benzene rings is 2. The molecule has 0 saturated carbocycles. The van der Waals surface area contributed by atoms with E-state index in [1.807, 2.05) is 54.9 Å². The van der Waals surface area contributed by atoms with Gasteiger partial charge in [-0.25, -0.2) is 0 Å². The second-order valence-corrected chi connectivity index (χ2v) is 8.13. The summed E-state index contributed by atoms with van der Waals surface area (Å²) in [5.74, 6) is 1.16. The van der Waals surface area contributed by atoms with Crippen LogP contribution in [0.4, 0.5) is 0 Å². The summed E-state index contributed by atoms with van der Waals surface area (Å²) >= 11 is 4.93. The molecule has 2 aromatic carbocycles. The van der Waals surface area contributed by atoms with E-state index in [4.69, 9.17) is 0 Å². The van der Waals surface area contributed by atoms with Crippen LogP contribution in [0.15, 0.2) is 58.2 Å². The molecular formula is C20H21BrN4OS. The van der Waals surface area contributed by atoms with Crippen LogP contribution >= 0.6 is 27.7 Å². The van der Waals surface area contributed by atoms with Gasteiger partial charge in [-0.1, -0.05) is 63.6 Å². The molecule has 5 nitrogen and oxygen atoms in total. The fourth-order valence-electron chi connectivity index (χ4n) is 2.63. The first-order valence-electron chi connectivity index (χ1n) is 8.55. The Hall–Kier alpha value is -2.12. The number of hydrogen-bond acceptors (Lipinski definition) is 4. The summed E-state index contributed by atoms with van der Waals surface area (Å²) in [6.45, 7) is 4.53. The third-order valence-corrected chi connectivity index (χ3v) is 5.89. The van der Waals surface area contributed by atoms with Gasteiger partial charge in [0, 0.05) is 23.8 Å². The van der Waals surface area contributed by atoms with Gasteiger partial charge in [-0.3, -0.25) is 9.36 Å². The molecule has 0 radical (unpaired) electrons. The van der Waals surface area contributed by atoms with Gasteiger partial charge in [-0.05, 0) is 37.6 Å². The molecule has 7 heteroatoms. The molecule has 0 aliphatic rings. The van der Waals surface area contributed by atoms with Gasteiger partial charge in [0.05, 0.1) is 5.75 Å². The van der Waals surface area contributed by atoms with Gasteiger partial charge in [0.1, 0.15) is 5.82 Å². The summed E-state index contributed by atoms with van der Waals surface area (Å²) in [5.41, 5.74) is 3.28. The molecule has 0 aliphatic heterocycles. The quantitative estimate of drug-likeness (QED) is 0.528. The number of carbonyl (C=O) groups is 1. The number of carbonyl (C=O) groups excluding carboxylic acids is 1. The molecule has 0 N–H and O–H groups in total. The van der Waals surface area contributed by atoms with Crippen LogP contribution in [0.5, 0.6) is 0 Å². The van der Waals surface area contributed by atoms with Gasteiger partial charge in [-0.15, -0.1) is 10.2 Å². The lowest BCUT2D eigenvalue weighted by atomic mass is 10.2. The Morgan fingerprint density at radius 3 is 2.52 bits per heavy atom. The van der Waals surface area contributed by atoms with Crippen LogP contribution in [-0.4, -0.2) is 38.4 Å². The number of nitrogens with zero attached hydrogens (tertiary/aromatic N) is 4. The minimum Gasteiger partial charge on any atom is -0.341 e. The molecule has 0 spiro atoms. The van der Waals surface area contributed by atoms with Crippen molar-refractivity contribution in [2.24, 2.45) is 0 Å². The Kier molecular flexibility index (Phi) is 6.34. The number of thioether (sulfide) groups is 1. The first-order chi connectivity index (χ1) is 13.0. The minimum atomic E-state index is 0.0480.